The molecule has 0 fully saturated rings. The Labute approximate surface area is 156 Å². The van der Waals surface area contributed by atoms with Crippen LogP contribution in [0.5, 0.6) is 0 Å². The first kappa shape index (κ1) is 21.7. The van der Waals surface area contributed by atoms with Gasteiger partial charge in [-0.25, -0.2) is 4.98 Å². The molecule has 0 saturated carbocycles. The summed E-state index contributed by atoms with van der Waals surface area (Å²) in [5.74, 6) is 0. The van der Waals surface area contributed by atoms with Gasteiger partial charge in [0.2, 0.25) is 0 Å². The molecule has 0 aliphatic heterocycles. The number of hydrogen-bond acceptors (Lipinski definition) is 1. The van der Waals surface area contributed by atoms with Gasteiger partial charge < -0.3 is 4.57 Å². The lowest BCUT2D eigenvalue weighted by atomic mass is 9.90. The molecule has 1 aromatic heterocycles. The smallest absolute Gasteiger partial charge is 0.0949 e. The Kier molecular flexibility index (Phi) is 9.24. The maximum Gasteiger partial charge on any atom is 0.0949 e. The summed E-state index contributed by atoms with van der Waals surface area (Å²) in [4.78, 5) is 4.53. The van der Waals surface area contributed by atoms with Gasteiger partial charge in [0, 0.05) is 12.7 Å². The third-order valence-corrected chi connectivity index (χ3v) is 4.29. The van der Waals surface area contributed by atoms with Crippen LogP contribution >= 0.6 is 0 Å². The SMILES string of the molecule is CC(C)(C)CC/C=C/C=C/CCc1cn(CCCCC(C)(C)C)cn1. The third kappa shape index (κ3) is 12.7. The summed E-state index contributed by atoms with van der Waals surface area (Å²) in [5, 5.41) is 0. The fraction of sp³-hybridized carbons (Fsp3) is 0.696. The van der Waals surface area contributed by atoms with Crippen LogP contribution in [0.15, 0.2) is 36.8 Å². The second kappa shape index (κ2) is 10.6. The maximum absolute atomic E-state index is 4.53. The van der Waals surface area contributed by atoms with E-state index in [0.717, 1.165) is 25.8 Å². The van der Waals surface area contributed by atoms with Crippen molar-refractivity contribution >= 4 is 0 Å². The number of nitrogens with zero attached hydrogens (tertiary/aromatic N) is 2. The molecule has 0 N–H and O–H groups in total. The van der Waals surface area contributed by atoms with Crippen LogP contribution in [0.2, 0.25) is 0 Å². The predicted octanol–water partition coefficient (Wildman–Crippen LogP) is 6.97. The maximum atomic E-state index is 4.53. The van der Waals surface area contributed by atoms with Gasteiger partial charge in [-0.2, -0.15) is 0 Å². The minimum atomic E-state index is 0.430. The lowest BCUT2D eigenvalue weighted by Gasteiger charge is -2.17. The van der Waals surface area contributed by atoms with E-state index in [1.807, 2.05) is 6.33 Å². The molecule has 1 aromatic rings. The number of allylic oxidation sites excluding steroid dienone is 4. The van der Waals surface area contributed by atoms with Crippen molar-refractivity contribution < 1.29 is 0 Å². The average molecular weight is 345 g/mol. The van der Waals surface area contributed by atoms with Crippen molar-refractivity contribution in [2.24, 2.45) is 10.8 Å². The zero-order chi connectivity index (χ0) is 18.8. The molecule has 0 spiro atoms. The molecule has 0 bridgehead atoms. The number of imidazole rings is 1. The summed E-state index contributed by atoms with van der Waals surface area (Å²) in [6, 6.07) is 0. The van der Waals surface area contributed by atoms with Crippen LogP contribution in [0.1, 0.15) is 85.8 Å². The first-order valence-corrected chi connectivity index (χ1v) is 9.98. The zero-order valence-electron chi connectivity index (χ0n) is 17.5. The van der Waals surface area contributed by atoms with Crippen LogP contribution in [-0.2, 0) is 13.0 Å². The molecule has 0 unspecified atom stereocenters. The van der Waals surface area contributed by atoms with Crippen molar-refractivity contribution in [3.63, 3.8) is 0 Å². The van der Waals surface area contributed by atoms with E-state index >= 15 is 0 Å². The van der Waals surface area contributed by atoms with Crippen molar-refractivity contribution in [3.05, 3.63) is 42.5 Å². The normalized spacial score (nSPS) is 13.4. The van der Waals surface area contributed by atoms with Gasteiger partial charge in [-0.1, -0.05) is 72.3 Å². The quantitative estimate of drug-likeness (QED) is 0.331. The highest BCUT2D eigenvalue weighted by molar-refractivity contribution is 5.05. The van der Waals surface area contributed by atoms with Crippen LogP contribution in [0.4, 0.5) is 0 Å². The molecule has 142 valence electrons. The summed E-state index contributed by atoms with van der Waals surface area (Å²) in [6.45, 7) is 14.9. The van der Waals surface area contributed by atoms with Crippen LogP contribution in [0.3, 0.4) is 0 Å². The largest absolute Gasteiger partial charge is 0.337 e. The Balaban J connectivity index is 2.16. The molecule has 0 aromatic carbocycles. The molecule has 25 heavy (non-hydrogen) atoms. The highest BCUT2D eigenvalue weighted by Crippen LogP contribution is 2.22. The van der Waals surface area contributed by atoms with Crippen molar-refractivity contribution in [2.45, 2.75) is 93.0 Å². The highest BCUT2D eigenvalue weighted by atomic mass is 15.0. The lowest BCUT2D eigenvalue weighted by Crippen LogP contribution is -2.05. The van der Waals surface area contributed by atoms with Gasteiger partial charge >= 0.3 is 0 Å². The summed E-state index contributed by atoms with van der Waals surface area (Å²) >= 11 is 0. The lowest BCUT2D eigenvalue weighted by molar-refractivity contribution is 0.355. The monoisotopic (exact) mass is 344 g/mol. The Morgan fingerprint density at radius 1 is 0.880 bits per heavy atom. The minimum absolute atomic E-state index is 0.430. The molecular formula is C23H40N2. The molecule has 0 aliphatic carbocycles. The molecule has 2 heteroatoms. The fourth-order valence-electron chi connectivity index (χ4n) is 2.70. The van der Waals surface area contributed by atoms with Gasteiger partial charge in [0.25, 0.3) is 0 Å². The number of rotatable bonds is 10. The van der Waals surface area contributed by atoms with E-state index in [4.69, 9.17) is 0 Å². The summed E-state index contributed by atoms with van der Waals surface area (Å²) in [7, 11) is 0. The molecule has 0 atom stereocenters. The van der Waals surface area contributed by atoms with Crippen molar-refractivity contribution in [1.29, 1.82) is 0 Å². The fourth-order valence-corrected chi connectivity index (χ4v) is 2.70. The summed E-state index contributed by atoms with van der Waals surface area (Å²) in [5.41, 5.74) is 2.09. The summed E-state index contributed by atoms with van der Waals surface area (Å²) in [6.07, 6.45) is 21.4. The molecule has 2 nitrogen and oxygen atoms in total. The van der Waals surface area contributed by atoms with E-state index in [-0.39, 0.29) is 0 Å². The Hall–Kier alpha value is -1.31. The zero-order valence-corrected chi connectivity index (χ0v) is 17.5. The first-order valence-electron chi connectivity index (χ1n) is 9.98. The Morgan fingerprint density at radius 2 is 1.52 bits per heavy atom. The van der Waals surface area contributed by atoms with Gasteiger partial charge in [-0.3, -0.25) is 0 Å². The molecule has 0 radical (unpaired) electrons. The second-order valence-electron chi connectivity index (χ2n) is 9.61. The van der Waals surface area contributed by atoms with Crippen LogP contribution in [-0.4, -0.2) is 9.55 Å². The topological polar surface area (TPSA) is 17.8 Å². The average Bonchev–Trinajstić information content (AvgIpc) is 2.92. The van der Waals surface area contributed by atoms with Gasteiger partial charge in [-0.15, -0.1) is 0 Å². The summed E-state index contributed by atoms with van der Waals surface area (Å²) < 4.78 is 2.24. The number of hydrogen-bond donors (Lipinski definition) is 0. The van der Waals surface area contributed by atoms with E-state index in [1.54, 1.807) is 0 Å². The van der Waals surface area contributed by atoms with Gasteiger partial charge in [0.1, 0.15) is 0 Å². The number of aromatic nitrogens is 2. The van der Waals surface area contributed by atoms with E-state index < -0.39 is 0 Å². The first-order chi connectivity index (χ1) is 11.7. The van der Waals surface area contributed by atoms with Gasteiger partial charge in [0.05, 0.1) is 12.0 Å². The highest BCUT2D eigenvalue weighted by Gasteiger charge is 2.09. The van der Waals surface area contributed by atoms with E-state index in [9.17, 15) is 0 Å². The minimum Gasteiger partial charge on any atom is -0.337 e. The Morgan fingerprint density at radius 3 is 2.16 bits per heavy atom. The molecule has 0 aliphatic rings. The van der Waals surface area contributed by atoms with E-state index in [1.165, 1.54) is 31.4 Å². The van der Waals surface area contributed by atoms with Gasteiger partial charge in [-0.05, 0) is 49.4 Å². The number of unbranched alkanes of at least 4 members (excludes halogenated alkanes) is 1. The molecular weight excluding hydrogens is 304 g/mol. The van der Waals surface area contributed by atoms with Crippen molar-refractivity contribution in [1.82, 2.24) is 9.55 Å². The van der Waals surface area contributed by atoms with Crippen LogP contribution in [0.25, 0.3) is 0 Å². The molecule has 0 amide bonds. The molecule has 0 saturated heterocycles. The molecule has 1 heterocycles. The van der Waals surface area contributed by atoms with Gasteiger partial charge in [0.15, 0.2) is 0 Å². The number of aryl methyl sites for hydroxylation is 2. The molecule has 1 rings (SSSR count). The Bertz CT molecular complexity index is 521. The van der Waals surface area contributed by atoms with E-state index in [0.29, 0.717) is 10.8 Å². The van der Waals surface area contributed by atoms with Crippen LogP contribution in [0, 0.1) is 10.8 Å². The predicted molar refractivity (Wildman–Crippen MR) is 111 cm³/mol. The van der Waals surface area contributed by atoms with E-state index in [2.05, 4.69) is 81.6 Å². The third-order valence-electron chi connectivity index (χ3n) is 4.29. The standard InChI is InChI=1S/C23H40N2/c1-22(2,3)16-12-10-8-7-9-11-15-21-19-25(20-24-21)18-14-13-17-23(4,5)6/h7-10,19-20H,11-18H2,1-6H3/b9-7+,10-8+. The van der Waals surface area contributed by atoms with Crippen molar-refractivity contribution in [3.8, 4) is 0 Å². The second-order valence-corrected chi connectivity index (χ2v) is 9.61. The van der Waals surface area contributed by atoms with Crippen LogP contribution < -0.4 is 0 Å². The van der Waals surface area contributed by atoms with Crippen molar-refractivity contribution in [2.75, 3.05) is 0 Å².